The zero-order valence-corrected chi connectivity index (χ0v) is 16.9. The topological polar surface area (TPSA) is 58.9 Å². The monoisotopic (exact) mass is 389 g/mol. The van der Waals surface area contributed by atoms with Crippen molar-refractivity contribution in [3.63, 3.8) is 0 Å². The molecule has 0 bridgehead atoms. The number of nitrogens with one attached hydrogen (secondary N) is 1. The van der Waals surface area contributed by atoms with E-state index in [1.165, 1.54) is 36.0 Å². The first-order valence-electron chi connectivity index (χ1n) is 9.74. The van der Waals surface area contributed by atoms with E-state index >= 15 is 0 Å². The summed E-state index contributed by atoms with van der Waals surface area (Å²) in [4.78, 5) is 12.5. The van der Waals surface area contributed by atoms with E-state index < -0.39 is 0 Å². The molecule has 1 aliphatic rings. The number of benzene rings is 1. The molecule has 1 atom stereocenters. The highest BCUT2D eigenvalue weighted by Crippen LogP contribution is 2.38. The Balaban J connectivity index is 1.46. The van der Waals surface area contributed by atoms with E-state index in [0.29, 0.717) is 0 Å². The van der Waals surface area contributed by atoms with Gasteiger partial charge in [-0.05, 0) is 67.9 Å². The van der Waals surface area contributed by atoms with Crippen LogP contribution in [0.4, 0.5) is 0 Å². The Morgan fingerprint density at radius 2 is 2.00 bits per heavy atom. The fourth-order valence-electron chi connectivity index (χ4n) is 3.64. The largest absolute Gasteiger partial charge is 0.347 e. The molecule has 0 radical (unpaired) electrons. The Bertz CT molecular complexity index is 1090. The maximum Gasteiger partial charge on any atom is 0.210 e. The molecule has 1 unspecified atom stereocenters. The number of imidazole rings is 1. The van der Waals surface area contributed by atoms with E-state index in [0.717, 1.165) is 28.2 Å². The Hall–Kier alpha value is -2.60. The molecule has 1 fully saturated rings. The van der Waals surface area contributed by atoms with E-state index in [2.05, 4.69) is 60.2 Å². The van der Waals surface area contributed by atoms with Crippen molar-refractivity contribution >= 4 is 17.4 Å². The van der Waals surface area contributed by atoms with Gasteiger partial charge in [-0.1, -0.05) is 36.0 Å². The lowest BCUT2D eigenvalue weighted by Crippen LogP contribution is -2.01. The van der Waals surface area contributed by atoms with Crippen LogP contribution in [0.1, 0.15) is 46.3 Å². The van der Waals surface area contributed by atoms with Crippen LogP contribution < -0.4 is 0 Å². The van der Waals surface area contributed by atoms with E-state index in [1.54, 1.807) is 18.0 Å². The Morgan fingerprint density at radius 1 is 1.18 bits per heavy atom. The van der Waals surface area contributed by atoms with Gasteiger partial charge in [0.05, 0.1) is 5.25 Å². The Kier molecular flexibility index (Phi) is 4.43. The van der Waals surface area contributed by atoms with Crippen LogP contribution in [0.25, 0.3) is 5.65 Å². The van der Waals surface area contributed by atoms with Crippen molar-refractivity contribution in [2.45, 2.75) is 43.5 Å². The van der Waals surface area contributed by atoms with Gasteiger partial charge in [0.1, 0.15) is 5.82 Å². The summed E-state index contributed by atoms with van der Waals surface area (Å²) in [6.07, 6.45) is 7.63. The second kappa shape index (κ2) is 7.09. The van der Waals surface area contributed by atoms with Crippen LogP contribution in [-0.4, -0.2) is 24.6 Å². The second-order valence-corrected chi connectivity index (χ2v) is 8.77. The van der Waals surface area contributed by atoms with Gasteiger partial charge in [0.2, 0.25) is 5.16 Å². The fraction of sp³-hybridized carbons (Fsp3) is 0.318. The van der Waals surface area contributed by atoms with E-state index in [9.17, 15) is 0 Å². The first-order valence-corrected chi connectivity index (χ1v) is 10.6. The number of fused-ring (bicyclic) bond motifs is 1. The number of nitrogens with zero attached hydrogens (tertiary/aromatic N) is 4. The van der Waals surface area contributed by atoms with Crippen LogP contribution in [-0.2, 0) is 6.42 Å². The lowest BCUT2D eigenvalue weighted by Gasteiger charge is -2.13. The SMILES string of the molecule is Cc1cc(C)n2nc(SC(c3ccc(CC4CC4)cc3)c3ncc[nH]3)nc2c1. The summed E-state index contributed by atoms with van der Waals surface area (Å²) in [5.41, 5.74) is 5.81. The average Bonchev–Trinajstić information content (AvgIpc) is 3.16. The molecule has 5 nitrogen and oxygen atoms in total. The predicted molar refractivity (Wildman–Crippen MR) is 112 cm³/mol. The predicted octanol–water partition coefficient (Wildman–Crippen LogP) is 4.90. The summed E-state index contributed by atoms with van der Waals surface area (Å²) in [6, 6.07) is 13.2. The number of thioether (sulfide) groups is 1. The maximum absolute atomic E-state index is 4.75. The van der Waals surface area contributed by atoms with Gasteiger partial charge < -0.3 is 4.98 Å². The van der Waals surface area contributed by atoms with Gasteiger partial charge in [-0.25, -0.2) is 14.5 Å². The lowest BCUT2D eigenvalue weighted by atomic mass is 10.0. The molecule has 0 aliphatic heterocycles. The molecule has 6 heteroatoms. The fourth-order valence-corrected chi connectivity index (χ4v) is 4.65. The van der Waals surface area contributed by atoms with Crippen molar-refractivity contribution in [3.8, 4) is 0 Å². The molecule has 4 aromatic rings. The quantitative estimate of drug-likeness (QED) is 0.476. The molecular formula is C22H23N5S. The summed E-state index contributed by atoms with van der Waals surface area (Å²) in [5, 5.41) is 5.51. The van der Waals surface area contributed by atoms with Crippen LogP contribution in [0, 0.1) is 19.8 Å². The van der Waals surface area contributed by atoms with Crippen molar-refractivity contribution in [1.82, 2.24) is 24.6 Å². The van der Waals surface area contributed by atoms with E-state index in [1.807, 2.05) is 10.7 Å². The first-order chi connectivity index (χ1) is 13.7. The van der Waals surface area contributed by atoms with Crippen LogP contribution in [0.2, 0.25) is 0 Å². The Morgan fingerprint density at radius 3 is 2.71 bits per heavy atom. The van der Waals surface area contributed by atoms with Crippen molar-refractivity contribution in [2.24, 2.45) is 5.92 Å². The van der Waals surface area contributed by atoms with Crippen LogP contribution in [0.15, 0.2) is 53.9 Å². The second-order valence-electron chi connectivity index (χ2n) is 7.70. The standard InChI is InChI=1S/C22H23N5S/c1-14-11-15(2)27-19(12-14)25-22(26-27)28-20(21-23-9-10-24-21)18-7-5-17(6-8-18)13-16-3-4-16/h5-12,16,20H,3-4,13H2,1-2H3,(H,23,24). The maximum atomic E-state index is 4.75. The highest BCUT2D eigenvalue weighted by atomic mass is 32.2. The summed E-state index contributed by atoms with van der Waals surface area (Å²) in [5.74, 6) is 1.82. The number of rotatable bonds is 6. The van der Waals surface area contributed by atoms with Gasteiger partial charge in [-0.15, -0.1) is 5.10 Å². The number of hydrogen-bond acceptors (Lipinski definition) is 4. The molecule has 3 heterocycles. The minimum Gasteiger partial charge on any atom is -0.347 e. The third-order valence-electron chi connectivity index (χ3n) is 5.23. The molecule has 0 amide bonds. The van der Waals surface area contributed by atoms with Crippen LogP contribution in [0.3, 0.4) is 0 Å². The zero-order valence-electron chi connectivity index (χ0n) is 16.1. The normalized spacial score (nSPS) is 15.2. The van der Waals surface area contributed by atoms with Crippen LogP contribution in [0.5, 0.6) is 0 Å². The molecule has 142 valence electrons. The van der Waals surface area contributed by atoms with Gasteiger partial charge >= 0.3 is 0 Å². The smallest absolute Gasteiger partial charge is 0.210 e. The minimum absolute atomic E-state index is 0.0313. The van der Waals surface area contributed by atoms with E-state index in [-0.39, 0.29) is 5.25 Å². The number of aromatic nitrogens is 5. The molecule has 5 rings (SSSR count). The number of aromatic amines is 1. The molecule has 1 N–H and O–H groups in total. The van der Waals surface area contributed by atoms with Gasteiger partial charge in [0.25, 0.3) is 0 Å². The van der Waals surface area contributed by atoms with E-state index in [4.69, 9.17) is 10.1 Å². The minimum atomic E-state index is 0.0313. The molecule has 1 saturated carbocycles. The van der Waals surface area contributed by atoms with Gasteiger partial charge in [0.15, 0.2) is 5.65 Å². The highest BCUT2D eigenvalue weighted by Gasteiger charge is 2.23. The number of pyridine rings is 1. The first kappa shape index (κ1) is 17.5. The highest BCUT2D eigenvalue weighted by molar-refractivity contribution is 7.99. The molecule has 3 aromatic heterocycles. The van der Waals surface area contributed by atoms with Crippen molar-refractivity contribution < 1.29 is 0 Å². The van der Waals surface area contributed by atoms with Crippen molar-refractivity contribution in [3.05, 3.63) is 77.0 Å². The number of H-pyrrole nitrogens is 1. The van der Waals surface area contributed by atoms with Gasteiger partial charge in [-0.2, -0.15) is 0 Å². The molecule has 0 saturated heterocycles. The summed E-state index contributed by atoms with van der Waals surface area (Å²) < 4.78 is 1.91. The summed E-state index contributed by atoms with van der Waals surface area (Å²) >= 11 is 1.64. The number of hydrogen-bond donors (Lipinski definition) is 1. The molecule has 0 spiro atoms. The lowest BCUT2D eigenvalue weighted by molar-refractivity contribution is 0.831. The van der Waals surface area contributed by atoms with Gasteiger partial charge in [0, 0.05) is 18.1 Å². The van der Waals surface area contributed by atoms with Crippen LogP contribution >= 0.6 is 11.8 Å². The molecular weight excluding hydrogens is 366 g/mol. The zero-order chi connectivity index (χ0) is 19.1. The third kappa shape index (κ3) is 3.56. The summed E-state index contributed by atoms with van der Waals surface area (Å²) in [7, 11) is 0. The molecule has 28 heavy (non-hydrogen) atoms. The van der Waals surface area contributed by atoms with Gasteiger partial charge in [-0.3, -0.25) is 0 Å². The van der Waals surface area contributed by atoms with Crippen molar-refractivity contribution in [1.29, 1.82) is 0 Å². The third-order valence-corrected chi connectivity index (χ3v) is 6.35. The molecule has 1 aromatic carbocycles. The Labute approximate surface area is 168 Å². The molecule has 1 aliphatic carbocycles. The number of aryl methyl sites for hydroxylation is 2. The summed E-state index contributed by atoms with van der Waals surface area (Å²) in [6.45, 7) is 4.15. The average molecular weight is 390 g/mol. The van der Waals surface area contributed by atoms with Crippen molar-refractivity contribution in [2.75, 3.05) is 0 Å².